The van der Waals surface area contributed by atoms with E-state index in [4.69, 9.17) is 4.74 Å². The lowest BCUT2D eigenvalue weighted by Crippen LogP contribution is -2.08. The predicted octanol–water partition coefficient (Wildman–Crippen LogP) is 3.79. The Balaban J connectivity index is 1.89. The van der Waals surface area contributed by atoms with Crippen LogP contribution in [0.15, 0.2) is 29.6 Å². The number of methoxy groups -OCH3 is 1. The largest absolute Gasteiger partial charge is 0.609 e. The van der Waals surface area contributed by atoms with Gasteiger partial charge in [0.25, 0.3) is 0 Å². The van der Waals surface area contributed by atoms with E-state index in [0.29, 0.717) is 11.4 Å². The first-order chi connectivity index (χ1) is 13.8. The Morgan fingerprint density at radius 2 is 1.72 bits per heavy atom. The lowest BCUT2D eigenvalue weighted by atomic mass is 10.2. The van der Waals surface area contributed by atoms with Gasteiger partial charge in [-0.1, -0.05) is 0 Å². The monoisotopic (exact) mass is 433 g/mol. The van der Waals surface area contributed by atoms with Crippen LogP contribution in [0.3, 0.4) is 0 Å². The van der Waals surface area contributed by atoms with Crippen LogP contribution in [0.2, 0.25) is 0 Å². The number of aromatic amines is 1. The van der Waals surface area contributed by atoms with Crippen molar-refractivity contribution in [2.75, 3.05) is 7.11 Å². The maximum absolute atomic E-state index is 12.6. The van der Waals surface area contributed by atoms with Crippen molar-refractivity contribution in [1.29, 1.82) is 0 Å². The Kier molecular flexibility index (Phi) is 6.33. The maximum Gasteiger partial charge on any atom is 0.387 e. The smallest absolute Gasteiger partial charge is 0.387 e. The number of hydrogen-bond donors (Lipinski definition) is 1. The molecule has 0 saturated heterocycles. The van der Waals surface area contributed by atoms with Crippen LogP contribution in [0.5, 0.6) is 17.2 Å². The Bertz CT molecular complexity index is 955. The highest BCUT2D eigenvalue weighted by Gasteiger charge is 2.22. The third-order valence-electron chi connectivity index (χ3n) is 3.78. The number of nitrogens with one attached hydrogen (secondary N) is 1. The highest BCUT2D eigenvalue weighted by Crippen LogP contribution is 2.34. The lowest BCUT2D eigenvalue weighted by Gasteiger charge is -2.11. The van der Waals surface area contributed by atoms with Crippen molar-refractivity contribution < 1.29 is 36.3 Å². The Morgan fingerprint density at radius 1 is 1.07 bits per heavy atom. The molecule has 0 spiro atoms. The van der Waals surface area contributed by atoms with Crippen molar-refractivity contribution in [3.8, 4) is 17.2 Å². The number of aryl methyl sites for hydroxylation is 1. The summed E-state index contributed by atoms with van der Waals surface area (Å²) in [5, 5.41) is 0.0125. The predicted molar refractivity (Wildman–Crippen MR) is 95.0 cm³/mol. The Labute approximate surface area is 165 Å². The summed E-state index contributed by atoms with van der Waals surface area (Å²) in [6.07, 6.45) is 1.58. The fourth-order valence-corrected chi connectivity index (χ4v) is 3.51. The minimum atomic E-state index is -3.25. The van der Waals surface area contributed by atoms with Gasteiger partial charge < -0.3 is 18.8 Å². The van der Waals surface area contributed by atoms with Crippen LogP contribution < -0.4 is 14.2 Å². The molecule has 0 amide bonds. The molecule has 12 heteroatoms. The topological polar surface area (TPSA) is 92.3 Å². The summed E-state index contributed by atoms with van der Waals surface area (Å²) in [7, 11) is 1.50. The number of nitrogens with zero attached hydrogens (tertiary/aromatic N) is 2. The fraction of sp³-hybridized carbons (Fsp3) is 0.294. The molecule has 2 heterocycles. The minimum absolute atomic E-state index is 0.00273. The highest BCUT2D eigenvalue weighted by molar-refractivity contribution is 7.90. The van der Waals surface area contributed by atoms with Gasteiger partial charge in [0.05, 0.1) is 23.8 Å². The van der Waals surface area contributed by atoms with Crippen LogP contribution in [-0.2, 0) is 16.9 Å². The van der Waals surface area contributed by atoms with E-state index in [1.54, 1.807) is 12.3 Å². The highest BCUT2D eigenvalue weighted by atomic mass is 32.2. The first-order valence-electron chi connectivity index (χ1n) is 8.08. The number of fused-ring (bicyclic) bond motifs is 1. The van der Waals surface area contributed by atoms with Gasteiger partial charge in [-0.15, -0.1) is 0 Å². The molecule has 3 aromatic rings. The summed E-state index contributed by atoms with van der Waals surface area (Å²) in [5.41, 5.74) is 1.55. The third kappa shape index (κ3) is 5.01. The van der Waals surface area contributed by atoms with E-state index in [1.165, 1.54) is 7.11 Å². The molecule has 7 nitrogen and oxygen atoms in total. The van der Waals surface area contributed by atoms with Gasteiger partial charge in [-0.3, -0.25) is 9.97 Å². The van der Waals surface area contributed by atoms with Gasteiger partial charge in [-0.25, -0.2) is 0 Å². The summed E-state index contributed by atoms with van der Waals surface area (Å²) in [6, 6.07) is 3.67. The van der Waals surface area contributed by atoms with E-state index in [9.17, 15) is 22.1 Å². The maximum atomic E-state index is 12.6. The van der Waals surface area contributed by atoms with Crippen LogP contribution in [0.25, 0.3) is 11.0 Å². The van der Waals surface area contributed by atoms with Crippen LogP contribution >= 0.6 is 0 Å². The molecule has 3 rings (SSSR count). The van der Waals surface area contributed by atoms with Crippen LogP contribution in [0, 0.1) is 6.92 Å². The average Bonchev–Trinajstić information content (AvgIpc) is 3.05. The number of H-pyrrole nitrogens is 1. The number of rotatable bonds is 8. The van der Waals surface area contributed by atoms with Gasteiger partial charge in [-0.2, -0.15) is 22.5 Å². The summed E-state index contributed by atoms with van der Waals surface area (Å²) < 4.78 is 76.4. The van der Waals surface area contributed by atoms with Crippen LogP contribution in [0.4, 0.5) is 17.6 Å². The molecule has 0 bridgehead atoms. The molecule has 1 unspecified atom stereocenters. The van der Waals surface area contributed by atoms with Crippen LogP contribution in [0.1, 0.15) is 11.3 Å². The van der Waals surface area contributed by atoms with Crippen molar-refractivity contribution in [1.82, 2.24) is 15.0 Å². The molecule has 1 atom stereocenters. The van der Waals surface area contributed by atoms with Crippen molar-refractivity contribution >= 4 is 22.2 Å². The molecular formula is C17H15F4N3O4S. The van der Waals surface area contributed by atoms with Gasteiger partial charge in [0.2, 0.25) is 0 Å². The molecule has 0 saturated carbocycles. The zero-order chi connectivity index (χ0) is 21.1. The molecule has 156 valence electrons. The van der Waals surface area contributed by atoms with E-state index in [0.717, 1.165) is 17.7 Å². The summed E-state index contributed by atoms with van der Waals surface area (Å²) in [4.78, 5) is 11.0. The van der Waals surface area contributed by atoms with Gasteiger partial charge in [0.1, 0.15) is 5.75 Å². The molecule has 0 aliphatic carbocycles. The number of hydrogen-bond acceptors (Lipinski definition) is 6. The second-order valence-electron chi connectivity index (χ2n) is 5.75. The zero-order valence-electron chi connectivity index (χ0n) is 15.1. The molecule has 2 aromatic heterocycles. The second kappa shape index (κ2) is 8.74. The van der Waals surface area contributed by atoms with Crippen molar-refractivity contribution in [2.45, 2.75) is 31.1 Å². The number of imidazole rings is 1. The SMILES string of the molecule is COc1cc(C[S+]([O-])c2nc3cc(OC(F)F)c(OC(F)F)cc3[nH]2)ncc1C. The normalized spacial score (nSPS) is 12.6. The summed E-state index contributed by atoms with van der Waals surface area (Å²) in [5.74, 6) is -0.628. The van der Waals surface area contributed by atoms with Crippen molar-refractivity contribution in [3.63, 3.8) is 0 Å². The van der Waals surface area contributed by atoms with Crippen LogP contribution in [-0.4, -0.2) is 39.8 Å². The summed E-state index contributed by atoms with van der Waals surface area (Å²) in [6.45, 7) is -4.68. The van der Waals surface area contributed by atoms with E-state index < -0.39 is 35.9 Å². The number of benzene rings is 1. The molecular weight excluding hydrogens is 418 g/mol. The zero-order valence-corrected chi connectivity index (χ0v) is 15.9. The van der Waals surface area contributed by atoms with E-state index >= 15 is 0 Å². The molecule has 1 aromatic carbocycles. The minimum Gasteiger partial charge on any atom is -0.609 e. The molecule has 1 N–H and O–H groups in total. The molecule has 0 radical (unpaired) electrons. The molecule has 0 aliphatic heterocycles. The quantitative estimate of drug-likeness (QED) is 0.429. The average molecular weight is 433 g/mol. The molecule has 0 aliphatic rings. The van der Waals surface area contributed by atoms with Gasteiger partial charge in [-0.05, 0) is 6.92 Å². The number of halogens is 4. The fourth-order valence-electron chi connectivity index (χ4n) is 2.53. The summed E-state index contributed by atoms with van der Waals surface area (Å²) >= 11 is -1.68. The van der Waals surface area contributed by atoms with E-state index in [-0.39, 0.29) is 21.9 Å². The molecule has 0 fully saturated rings. The van der Waals surface area contributed by atoms with Gasteiger partial charge >= 0.3 is 18.4 Å². The number of pyridine rings is 1. The Morgan fingerprint density at radius 3 is 2.34 bits per heavy atom. The first kappa shape index (κ1) is 21.0. The standard InChI is InChI=1S/C17H15F4N3O4S/c1-8-6-22-9(3-12(8)26-2)7-29(25)17-23-10-4-13(27-15(18)19)14(28-16(20)21)5-11(10)24-17/h3-6,15-16H,7H2,1-2H3,(H,23,24). The van der Waals surface area contributed by atoms with Crippen molar-refractivity contribution in [3.05, 3.63) is 35.7 Å². The Hall–Kier alpha value is -2.73. The van der Waals surface area contributed by atoms with E-state index in [1.807, 2.05) is 6.92 Å². The van der Waals surface area contributed by atoms with Gasteiger partial charge in [0.15, 0.2) is 17.3 Å². The lowest BCUT2D eigenvalue weighted by molar-refractivity contribution is -0.0690. The number of aromatic nitrogens is 3. The van der Waals surface area contributed by atoms with E-state index in [2.05, 4.69) is 24.4 Å². The van der Waals surface area contributed by atoms with Gasteiger partial charge in [0, 0.05) is 41.1 Å². The number of ether oxygens (including phenoxy) is 3. The third-order valence-corrected chi connectivity index (χ3v) is 4.97. The second-order valence-corrected chi connectivity index (χ2v) is 7.12. The number of alkyl halides is 4. The first-order valence-corrected chi connectivity index (χ1v) is 9.40. The van der Waals surface area contributed by atoms with Crippen molar-refractivity contribution in [2.24, 2.45) is 0 Å². The molecule has 29 heavy (non-hydrogen) atoms.